The summed E-state index contributed by atoms with van der Waals surface area (Å²) in [5.74, 6) is 0.574. The Morgan fingerprint density at radius 1 is 1.33 bits per heavy atom. The fourth-order valence-electron chi connectivity index (χ4n) is 2.30. The molecule has 2 atom stereocenters. The quantitative estimate of drug-likeness (QED) is 0.758. The predicted octanol–water partition coefficient (Wildman–Crippen LogP) is 3.71. The predicted molar refractivity (Wildman–Crippen MR) is 77.9 cm³/mol. The summed E-state index contributed by atoms with van der Waals surface area (Å²) < 4.78 is 5.24. The minimum absolute atomic E-state index is 0.440. The highest BCUT2D eigenvalue weighted by atomic mass is 16.5. The van der Waals surface area contributed by atoms with Crippen molar-refractivity contribution in [1.29, 1.82) is 0 Å². The zero-order valence-corrected chi connectivity index (χ0v) is 12.2. The molecule has 102 valence electrons. The second kappa shape index (κ2) is 8.28. The van der Waals surface area contributed by atoms with E-state index in [9.17, 15) is 0 Å². The Balaban J connectivity index is 2.70. The van der Waals surface area contributed by atoms with Gasteiger partial charge in [-0.05, 0) is 37.8 Å². The molecule has 0 saturated carbocycles. The van der Waals surface area contributed by atoms with Gasteiger partial charge in [0.25, 0.3) is 0 Å². The molecular weight excluding hydrogens is 222 g/mol. The van der Waals surface area contributed by atoms with Crippen LogP contribution in [0, 0.1) is 12.8 Å². The van der Waals surface area contributed by atoms with Crippen LogP contribution in [0.15, 0.2) is 24.3 Å². The van der Waals surface area contributed by atoms with Gasteiger partial charge >= 0.3 is 0 Å². The van der Waals surface area contributed by atoms with E-state index in [-0.39, 0.29) is 0 Å². The Labute approximate surface area is 112 Å². The highest BCUT2D eigenvalue weighted by Gasteiger charge is 2.14. The fourth-order valence-corrected chi connectivity index (χ4v) is 2.30. The van der Waals surface area contributed by atoms with Crippen molar-refractivity contribution in [2.24, 2.45) is 5.92 Å². The molecule has 0 amide bonds. The lowest BCUT2D eigenvalue weighted by molar-refractivity contribution is 0.149. The van der Waals surface area contributed by atoms with Crippen LogP contribution in [0.4, 0.5) is 0 Å². The van der Waals surface area contributed by atoms with Crippen LogP contribution < -0.4 is 5.32 Å². The van der Waals surface area contributed by atoms with Gasteiger partial charge in [0.15, 0.2) is 0 Å². The summed E-state index contributed by atoms with van der Waals surface area (Å²) in [5.41, 5.74) is 2.72. The summed E-state index contributed by atoms with van der Waals surface area (Å²) in [4.78, 5) is 0. The van der Waals surface area contributed by atoms with Gasteiger partial charge in [0.05, 0.1) is 0 Å². The topological polar surface area (TPSA) is 21.3 Å². The van der Waals surface area contributed by atoms with E-state index in [1.165, 1.54) is 17.5 Å². The standard InChI is InChI=1S/C16H27NO/c1-5-9-17-16(11-14(3)12-18-4)15-8-6-7-13(2)10-15/h6-8,10,14,16-17H,5,9,11-12H2,1-4H3. The van der Waals surface area contributed by atoms with E-state index >= 15 is 0 Å². The van der Waals surface area contributed by atoms with Crippen LogP contribution in [0.1, 0.15) is 43.9 Å². The first-order valence-electron chi connectivity index (χ1n) is 6.96. The van der Waals surface area contributed by atoms with Gasteiger partial charge in [-0.3, -0.25) is 0 Å². The average molecular weight is 249 g/mol. The van der Waals surface area contributed by atoms with Crippen LogP contribution >= 0.6 is 0 Å². The van der Waals surface area contributed by atoms with Gasteiger partial charge in [0.2, 0.25) is 0 Å². The molecule has 1 aromatic carbocycles. The second-order valence-electron chi connectivity index (χ2n) is 5.22. The maximum atomic E-state index is 5.24. The van der Waals surface area contributed by atoms with E-state index in [4.69, 9.17) is 4.74 Å². The van der Waals surface area contributed by atoms with E-state index in [2.05, 4.69) is 50.4 Å². The lowest BCUT2D eigenvalue weighted by atomic mass is 9.95. The van der Waals surface area contributed by atoms with Gasteiger partial charge in [-0.25, -0.2) is 0 Å². The van der Waals surface area contributed by atoms with E-state index in [0.29, 0.717) is 12.0 Å². The number of methoxy groups -OCH3 is 1. The Kier molecular flexibility index (Phi) is 6.99. The number of nitrogens with one attached hydrogen (secondary N) is 1. The number of rotatable bonds is 8. The Hall–Kier alpha value is -0.860. The van der Waals surface area contributed by atoms with Crippen molar-refractivity contribution in [1.82, 2.24) is 5.32 Å². The van der Waals surface area contributed by atoms with Crippen molar-refractivity contribution >= 4 is 0 Å². The molecule has 0 radical (unpaired) electrons. The number of benzene rings is 1. The van der Waals surface area contributed by atoms with Crippen LogP contribution in [0.2, 0.25) is 0 Å². The van der Waals surface area contributed by atoms with Crippen molar-refractivity contribution in [3.63, 3.8) is 0 Å². The van der Waals surface area contributed by atoms with Gasteiger partial charge < -0.3 is 10.1 Å². The molecule has 1 rings (SSSR count). The second-order valence-corrected chi connectivity index (χ2v) is 5.22. The zero-order chi connectivity index (χ0) is 13.4. The summed E-state index contributed by atoms with van der Waals surface area (Å²) in [5, 5.41) is 3.65. The summed E-state index contributed by atoms with van der Waals surface area (Å²) in [6, 6.07) is 9.24. The summed E-state index contributed by atoms with van der Waals surface area (Å²) in [6.07, 6.45) is 2.29. The van der Waals surface area contributed by atoms with Crippen LogP contribution in [-0.2, 0) is 4.74 Å². The molecule has 2 heteroatoms. The molecule has 0 aliphatic heterocycles. The first-order chi connectivity index (χ1) is 8.67. The molecule has 1 aromatic rings. The minimum Gasteiger partial charge on any atom is -0.384 e. The van der Waals surface area contributed by atoms with Crippen molar-refractivity contribution in [2.75, 3.05) is 20.3 Å². The third-order valence-corrected chi connectivity index (χ3v) is 3.17. The molecule has 0 aromatic heterocycles. The maximum absolute atomic E-state index is 5.24. The average Bonchev–Trinajstić information content (AvgIpc) is 2.34. The highest BCUT2D eigenvalue weighted by molar-refractivity contribution is 5.25. The number of aryl methyl sites for hydroxylation is 1. The summed E-state index contributed by atoms with van der Waals surface area (Å²) >= 11 is 0. The third-order valence-electron chi connectivity index (χ3n) is 3.17. The van der Waals surface area contributed by atoms with E-state index in [1.54, 1.807) is 7.11 Å². The smallest absolute Gasteiger partial charge is 0.0488 e. The minimum atomic E-state index is 0.440. The Bertz CT molecular complexity index is 338. The molecule has 0 aliphatic rings. The molecule has 0 fully saturated rings. The SMILES string of the molecule is CCCNC(CC(C)COC)c1cccc(C)c1. The first kappa shape index (κ1) is 15.2. The molecule has 1 N–H and O–H groups in total. The number of ether oxygens (including phenoxy) is 1. The molecule has 0 aliphatic carbocycles. The van der Waals surface area contributed by atoms with Crippen LogP contribution in [-0.4, -0.2) is 20.3 Å². The molecule has 2 nitrogen and oxygen atoms in total. The van der Waals surface area contributed by atoms with Gasteiger partial charge in [0, 0.05) is 19.8 Å². The van der Waals surface area contributed by atoms with Crippen LogP contribution in [0.5, 0.6) is 0 Å². The van der Waals surface area contributed by atoms with E-state index < -0.39 is 0 Å². The van der Waals surface area contributed by atoms with Crippen molar-refractivity contribution in [3.8, 4) is 0 Å². The van der Waals surface area contributed by atoms with Crippen molar-refractivity contribution in [2.45, 2.75) is 39.7 Å². The molecule has 0 bridgehead atoms. The van der Waals surface area contributed by atoms with Crippen molar-refractivity contribution in [3.05, 3.63) is 35.4 Å². The number of hydrogen-bond donors (Lipinski definition) is 1. The lowest BCUT2D eigenvalue weighted by Gasteiger charge is -2.22. The van der Waals surface area contributed by atoms with Crippen LogP contribution in [0.3, 0.4) is 0 Å². The summed E-state index contributed by atoms with van der Waals surface area (Å²) in [7, 11) is 1.78. The monoisotopic (exact) mass is 249 g/mol. The molecular formula is C16H27NO. The van der Waals surface area contributed by atoms with Gasteiger partial charge in [0.1, 0.15) is 0 Å². The van der Waals surface area contributed by atoms with E-state index in [1.807, 2.05) is 0 Å². The largest absolute Gasteiger partial charge is 0.384 e. The molecule has 0 heterocycles. The molecule has 0 saturated heterocycles. The van der Waals surface area contributed by atoms with Gasteiger partial charge in [-0.15, -0.1) is 0 Å². The molecule has 18 heavy (non-hydrogen) atoms. The Morgan fingerprint density at radius 2 is 2.11 bits per heavy atom. The zero-order valence-electron chi connectivity index (χ0n) is 12.2. The Morgan fingerprint density at radius 3 is 2.72 bits per heavy atom. The highest BCUT2D eigenvalue weighted by Crippen LogP contribution is 2.22. The normalized spacial score (nSPS) is 14.4. The number of hydrogen-bond acceptors (Lipinski definition) is 2. The van der Waals surface area contributed by atoms with Crippen LogP contribution in [0.25, 0.3) is 0 Å². The van der Waals surface area contributed by atoms with Gasteiger partial charge in [-0.1, -0.05) is 43.7 Å². The van der Waals surface area contributed by atoms with Gasteiger partial charge in [-0.2, -0.15) is 0 Å². The van der Waals surface area contributed by atoms with Crippen molar-refractivity contribution < 1.29 is 4.74 Å². The first-order valence-corrected chi connectivity index (χ1v) is 6.96. The summed E-state index contributed by atoms with van der Waals surface area (Å²) in [6.45, 7) is 8.51. The fraction of sp³-hybridized carbons (Fsp3) is 0.625. The maximum Gasteiger partial charge on any atom is 0.0488 e. The molecule has 2 unspecified atom stereocenters. The third kappa shape index (κ3) is 5.19. The molecule has 0 spiro atoms. The van der Waals surface area contributed by atoms with E-state index in [0.717, 1.165) is 19.6 Å². The lowest BCUT2D eigenvalue weighted by Crippen LogP contribution is -2.25.